The summed E-state index contributed by atoms with van der Waals surface area (Å²) in [5.41, 5.74) is 9.46. The highest BCUT2D eigenvalue weighted by Crippen LogP contribution is 2.23. The van der Waals surface area contributed by atoms with E-state index in [-0.39, 0.29) is 23.6 Å². The molecule has 0 bridgehead atoms. The molecule has 1 aromatic carbocycles. The number of carbonyl (C=O) groups excluding carboxylic acids is 1. The molecule has 140 valence electrons. The lowest BCUT2D eigenvalue weighted by Gasteiger charge is -2.13. The Hall–Kier alpha value is -2.50. The number of aromatic nitrogens is 2. The van der Waals surface area contributed by atoms with Gasteiger partial charge >= 0.3 is 5.69 Å². The van der Waals surface area contributed by atoms with Crippen LogP contribution in [-0.2, 0) is 4.79 Å². The van der Waals surface area contributed by atoms with E-state index in [9.17, 15) is 9.59 Å². The molecule has 0 radical (unpaired) electrons. The third-order valence-corrected chi connectivity index (χ3v) is 4.79. The van der Waals surface area contributed by atoms with Crippen LogP contribution in [0.2, 0.25) is 0 Å². The minimum Gasteiger partial charge on any atom is -0.301 e. The highest BCUT2D eigenvalue weighted by Gasteiger charge is 2.18. The van der Waals surface area contributed by atoms with Crippen molar-refractivity contribution in [2.24, 2.45) is 0 Å². The minimum atomic E-state index is 0.0109. The summed E-state index contributed by atoms with van der Waals surface area (Å²) in [5, 5.41) is 0. The number of hydrogen-bond donors (Lipinski definition) is 2. The summed E-state index contributed by atoms with van der Waals surface area (Å²) in [5.74, 6) is 0.140. The number of fused-ring (bicyclic) bond motifs is 1. The van der Waals surface area contributed by atoms with E-state index in [4.69, 9.17) is 0 Å². The lowest BCUT2D eigenvalue weighted by Crippen LogP contribution is -2.26. The standard InChI is InChI=1S/C20H28N4O2/c1-13(2)23-17-11-10-15(12-18(17)24(14(3)4)20(23)26)21-22-16-8-6-5-7-9-19(16)25/h8,10-14,21-22H,5-7,9H2,1-4H3. The van der Waals surface area contributed by atoms with Crippen LogP contribution >= 0.6 is 0 Å². The van der Waals surface area contributed by atoms with Gasteiger partial charge in [-0.2, -0.15) is 0 Å². The Balaban J connectivity index is 1.94. The quantitative estimate of drug-likeness (QED) is 0.797. The van der Waals surface area contributed by atoms with Crippen molar-refractivity contribution in [3.8, 4) is 0 Å². The second kappa shape index (κ2) is 7.40. The van der Waals surface area contributed by atoms with Gasteiger partial charge in [-0.25, -0.2) is 4.79 Å². The van der Waals surface area contributed by atoms with Crippen molar-refractivity contribution in [2.45, 2.75) is 65.5 Å². The summed E-state index contributed by atoms with van der Waals surface area (Å²) in [7, 11) is 0. The number of hydrazine groups is 1. The maximum Gasteiger partial charge on any atom is 0.329 e. The average Bonchev–Trinajstić information content (AvgIpc) is 2.71. The molecule has 0 atom stereocenters. The van der Waals surface area contributed by atoms with Gasteiger partial charge in [-0.15, -0.1) is 0 Å². The molecule has 0 saturated heterocycles. The zero-order valence-corrected chi connectivity index (χ0v) is 16.0. The topological polar surface area (TPSA) is 68.1 Å². The Kier molecular flexibility index (Phi) is 5.20. The first-order chi connectivity index (χ1) is 12.4. The third-order valence-electron chi connectivity index (χ3n) is 4.79. The average molecular weight is 356 g/mol. The molecular formula is C20H28N4O2. The fourth-order valence-corrected chi connectivity index (χ4v) is 3.50. The van der Waals surface area contributed by atoms with Crippen molar-refractivity contribution in [2.75, 3.05) is 5.43 Å². The molecule has 0 unspecified atom stereocenters. The summed E-state index contributed by atoms with van der Waals surface area (Å²) in [6.07, 6.45) is 5.45. The Morgan fingerprint density at radius 1 is 0.923 bits per heavy atom. The van der Waals surface area contributed by atoms with E-state index >= 15 is 0 Å². The van der Waals surface area contributed by atoms with E-state index in [0.29, 0.717) is 12.1 Å². The summed E-state index contributed by atoms with van der Waals surface area (Å²) >= 11 is 0. The highest BCUT2D eigenvalue weighted by atomic mass is 16.2. The molecule has 3 rings (SSSR count). The SMILES string of the molecule is CC(C)n1c(=O)n(C(C)C)c2cc(NNC3=CCCCCC3=O)ccc21. The van der Waals surface area contributed by atoms with Gasteiger partial charge in [0.05, 0.1) is 22.4 Å². The van der Waals surface area contributed by atoms with Crippen molar-refractivity contribution in [3.63, 3.8) is 0 Å². The minimum absolute atomic E-state index is 0.0109. The van der Waals surface area contributed by atoms with E-state index in [1.54, 1.807) is 0 Å². The number of rotatable bonds is 5. The second-order valence-corrected chi connectivity index (χ2v) is 7.45. The Morgan fingerprint density at radius 2 is 1.62 bits per heavy atom. The fourth-order valence-electron chi connectivity index (χ4n) is 3.50. The number of nitrogens with one attached hydrogen (secondary N) is 2. The van der Waals surface area contributed by atoms with Gasteiger partial charge in [0.15, 0.2) is 5.78 Å². The number of Topliss-reactive ketones (excluding diaryl/α,β-unsaturated/α-hetero) is 1. The van der Waals surface area contributed by atoms with Crippen LogP contribution < -0.4 is 16.5 Å². The number of allylic oxidation sites excluding steroid dienone is 2. The Bertz CT molecular complexity index is 902. The van der Waals surface area contributed by atoms with E-state index in [1.807, 2.05) is 61.1 Å². The van der Waals surface area contributed by atoms with E-state index < -0.39 is 0 Å². The smallest absolute Gasteiger partial charge is 0.301 e. The molecule has 1 aliphatic carbocycles. The number of nitrogens with zero attached hydrogens (tertiary/aromatic N) is 2. The first-order valence-corrected chi connectivity index (χ1v) is 9.42. The van der Waals surface area contributed by atoms with Crippen LogP contribution in [0.5, 0.6) is 0 Å². The number of anilines is 1. The van der Waals surface area contributed by atoms with E-state index in [2.05, 4.69) is 10.9 Å². The van der Waals surface area contributed by atoms with E-state index in [0.717, 1.165) is 36.0 Å². The molecule has 1 aliphatic rings. The molecule has 0 spiro atoms. The molecule has 0 saturated carbocycles. The monoisotopic (exact) mass is 356 g/mol. The fraction of sp³-hybridized carbons (Fsp3) is 0.500. The predicted octanol–water partition coefficient (Wildman–Crippen LogP) is 3.91. The molecule has 26 heavy (non-hydrogen) atoms. The van der Waals surface area contributed by atoms with E-state index in [1.165, 1.54) is 0 Å². The summed E-state index contributed by atoms with van der Waals surface area (Å²) in [6, 6.07) is 6.02. The lowest BCUT2D eigenvalue weighted by molar-refractivity contribution is -0.115. The zero-order valence-electron chi connectivity index (χ0n) is 16.0. The molecule has 1 heterocycles. The van der Waals surface area contributed by atoms with Crippen molar-refractivity contribution in [3.05, 3.63) is 40.5 Å². The Labute approximate surface area is 153 Å². The summed E-state index contributed by atoms with van der Waals surface area (Å²) < 4.78 is 3.64. The van der Waals surface area contributed by atoms with Crippen molar-refractivity contribution >= 4 is 22.5 Å². The zero-order chi connectivity index (χ0) is 18.8. The predicted molar refractivity (Wildman–Crippen MR) is 105 cm³/mol. The number of imidazole rings is 1. The maximum absolute atomic E-state index is 12.8. The third kappa shape index (κ3) is 3.41. The van der Waals surface area contributed by atoms with Gasteiger partial charge in [-0.3, -0.25) is 19.4 Å². The van der Waals surface area contributed by atoms with Crippen molar-refractivity contribution < 1.29 is 4.79 Å². The maximum atomic E-state index is 12.8. The lowest BCUT2D eigenvalue weighted by atomic mass is 10.2. The van der Waals surface area contributed by atoms with Crippen LogP contribution in [0.1, 0.15) is 65.5 Å². The van der Waals surface area contributed by atoms with Gasteiger partial charge in [-0.05, 0) is 65.2 Å². The number of hydrogen-bond acceptors (Lipinski definition) is 4. The van der Waals surface area contributed by atoms with Crippen LogP contribution in [0.15, 0.2) is 34.8 Å². The number of ketones is 1. The van der Waals surface area contributed by atoms with Gasteiger partial charge in [-0.1, -0.05) is 6.08 Å². The molecule has 6 nitrogen and oxygen atoms in total. The van der Waals surface area contributed by atoms with Crippen LogP contribution in [0.25, 0.3) is 11.0 Å². The molecule has 0 amide bonds. The first-order valence-electron chi connectivity index (χ1n) is 9.42. The van der Waals surface area contributed by atoms with Gasteiger partial charge in [0.1, 0.15) is 0 Å². The van der Waals surface area contributed by atoms with Crippen LogP contribution in [0.3, 0.4) is 0 Å². The Morgan fingerprint density at radius 3 is 2.31 bits per heavy atom. The van der Waals surface area contributed by atoms with Crippen LogP contribution in [0.4, 0.5) is 5.69 Å². The van der Waals surface area contributed by atoms with Crippen molar-refractivity contribution in [1.29, 1.82) is 0 Å². The molecule has 6 heteroatoms. The van der Waals surface area contributed by atoms with Gasteiger partial charge < -0.3 is 5.43 Å². The highest BCUT2D eigenvalue weighted by molar-refractivity contribution is 5.95. The van der Waals surface area contributed by atoms with Crippen molar-refractivity contribution in [1.82, 2.24) is 14.6 Å². The number of carbonyl (C=O) groups is 1. The molecular weight excluding hydrogens is 328 g/mol. The van der Waals surface area contributed by atoms with Gasteiger partial charge in [0.25, 0.3) is 0 Å². The molecule has 0 aliphatic heterocycles. The largest absolute Gasteiger partial charge is 0.329 e. The van der Waals surface area contributed by atoms with Gasteiger partial charge in [0, 0.05) is 18.5 Å². The summed E-state index contributed by atoms with van der Waals surface area (Å²) in [6.45, 7) is 8.06. The molecule has 0 fully saturated rings. The van der Waals surface area contributed by atoms with Crippen LogP contribution in [0, 0.1) is 0 Å². The normalized spacial score (nSPS) is 15.5. The first kappa shape index (κ1) is 18.3. The van der Waals surface area contributed by atoms with Gasteiger partial charge in [0.2, 0.25) is 0 Å². The summed E-state index contributed by atoms with van der Waals surface area (Å²) in [4.78, 5) is 24.9. The van der Waals surface area contributed by atoms with Crippen LogP contribution in [-0.4, -0.2) is 14.9 Å². The molecule has 1 aromatic heterocycles. The second-order valence-electron chi connectivity index (χ2n) is 7.45. The molecule has 2 aromatic rings. The number of benzene rings is 1. The molecule has 2 N–H and O–H groups in total.